The molecule has 67 heavy (non-hydrogen) atoms. The highest BCUT2D eigenvalue weighted by Gasteiger charge is 2.35. The quantitative estimate of drug-likeness (QED) is 0.172. The second-order valence-electron chi connectivity index (χ2n) is 16.6. The van der Waals surface area contributed by atoms with Gasteiger partial charge in [0.05, 0.1) is 28.5 Å². The van der Waals surface area contributed by atoms with Gasteiger partial charge in [-0.3, -0.25) is 24.9 Å². The van der Waals surface area contributed by atoms with Gasteiger partial charge >= 0.3 is 0 Å². The molecule has 5 heterocycles. The van der Waals surface area contributed by atoms with Crippen LogP contribution in [0.15, 0.2) is 220 Å². The van der Waals surface area contributed by atoms with Crippen LogP contribution in [-0.4, -0.2) is 24.9 Å². The van der Waals surface area contributed by atoms with Crippen LogP contribution in [0.5, 0.6) is 0 Å². The molecule has 0 fully saturated rings. The van der Waals surface area contributed by atoms with Gasteiger partial charge in [0.15, 0.2) is 0 Å². The standard InChI is InChI=1S/C61H40N6/c1-2-15-38-16-3-9-22-44(38)56(62)50-51(57-45-23-10-4-17-39(45)28-33-63-57)53(59-47-25-12-6-19-41(47)30-35-65-59)55(61-49-27-14-8-21-43(49)32-37-67-61)54(60-48-26-13-7-20-42(48)31-36-66-60)52(50)58-46-24-11-5-18-40(46)29-34-64-58/h2-37H,1,62H2/b38-15-,56-44-. The van der Waals surface area contributed by atoms with Crippen molar-refractivity contribution in [3.8, 4) is 56.3 Å². The number of benzene rings is 7. The number of hydrogen-bond acceptors (Lipinski definition) is 6. The maximum absolute atomic E-state index is 8.06. The van der Waals surface area contributed by atoms with E-state index >= 15 is 0 Å². The number of rotatable bonds is 7. The van der Waals surface area contributed by atoms with Gasteiger partial charge < -0.3 is 5.73 Å². The molecular formula is C61H40N6. The summed E-state index contributed by atoms with van der Waals surface area (Å²) >= 11 is 0. The summed E-state index contributed by atoms with van der Waals surface area (Å²) in [6.45, 7) is 4.11. The van der Waals surface area contributed by atoms with Crippen molar-refractivity contribution in [2.45, 2.75) is 0 Å². The summed E-state index contributed by atoms with van der Waals surface area (Å²) in [4.78, 5) is 27.1. The first-order valence-electron chi connectivity index (χ1n) is 22.3. The summed E-state index contributed by atoms with van der Waals surface area (Å²) in [5.41, 5.74) is 17.2. The second-order valence-corrected chi connectivity index (χ2v) is 16.6. The van der Waals surface area contributed by atoms with Gasteiger partial charge in [-0.1, -0.05) is 164 Å². The predicted octanol–water partition coefficient (Wildman–Crippen LogP) is 12.8. The van der Waals surface area contributed by atoms with E-state index in [-0.39, 0.29) is 0 Å². The molecule has 0 atom stereocenters. The molecule has 12 aromatic rings. The van der Waals surface area contributed by atoms with E-state index < -0.39 is 0 Å². The zero-order chi connectivity index (χ0) is 44.8. The van der Waals surface area contributed by atoms with E-state index in [1.807, 2.05) is 49.2 Å². The normalized spacial score (nSPS) is 12.3. The largest absolute Gasteiger partial charge is 0.398 e. The van der Waals surface area contributed by atoms with Gasteiger partial charge in [-0.25, -0.2) is 0 Å². The number of aromatic nitrogens is 5. The Morgan fingerprint density at radius 1 is 0.343 bits per heavy atom. The highest BCUT2D eigenvalue weighted by Crippen LogP contribution is 2.56. The van der Waals surface area contributed by atoms with Gasteiger partial charge in [-0.05, 0) is 62.5 Å². The van der Waals surface area contributed by atoms with Crippen LogP contribution in [0.3, 0.4) is 0 Å². The van der Waals surface area contributed by atoms with Crippen molar-refractivity contribution >= 4 is 65.6 Å². The van der Waals surface area contributed by atoms with Gasteiger partial charge in [-0.15, -0.1) is 0 Å². The lowest BCUT2D eigenvalue weighted by Gasteiger charge is -2.28. The Hall–Kier alpha value is -9.13. The van der Waals surface area contributed by atoms with Crippen molar-refractivity contribution in [3.05, 3.63) is 236 Å². The van der Waals surface area contributed by atoms with Crippen molar-refractivity contribution in [2.75, 3.05) is 0 Å². The molecule has 0 aliphatic rings. The third-order valence-corrected chi connectivity index (χ3v) is 12.9. The fraction of sp³-hybridized carbons (Fsp3) is 0. The molecule has 0 saturated carbocycles. The molecule has 5 aromatic heterocycles. The van der Waals surface area contributed by atoms with Crippen molar-refractivity contribution in [1.29, 1.82) is 0 Å². The van der Waals surface area contributed by atoms with E-state index in [1.54, 1.807) is 6.08 Å². The topological polar surface area (TPSA) is 90.5 Å². The lowest BCUT2D eigenvalue weighted by Crippen LogP contribution is -2.30. The van der Waals surface area contributed by atoms with Crippen molar-refractivity contribution < 1.29 is 0 Å². The molecule has 0 radical (unpaired) electrons. The van der Waals surface area contributed by atoms with Crippen LogP contribution in [0.2, 0.25) is 0 Å². The minimum atomic E-state index is 0.531. The van der Waals surface area contributed by atoms with Crippen molar-refractivity contribution in [3.63, 3.8) is 0 Å². The number of pyridine rings is 5. The minimum Gasteiger partial charge on any atom is -0.398 e. The summed E-state index contributed by atoms with van der Waals surface area (Å²) in [6, 6.07) is 60.6. The molecule has 6 heteroatoms. The summed E-state index contributed by atoms with van der Waals surface area (Å²) < 4.78 is 0. The lowest BCUT2D eigenvalue weighted by molar-refractivity contribution is 1.28. The van der Waals surface area contributed by atoms with E-state index in [9.17, 15) is 0 Å². The zero-order valence-electron chi connectivity index (χ0n) is 36.3. The molecule has 0 unspecified atom stereocenters. The Kier molecular flexibility index (Phi) is 9.69. The molecule has 0 saturated heterocycles. The fourth-order valence-corrected chi connectivity index (χ4v) is 9.95. The average molecular weight is 857 g/mol. The molecule has 0 bridgehead atoms. The lowest BCUT2D eigenvalue weighted by atomic mass is 9.76. The molecule has 12 rings (SSSR count). The smallest absolute Gasteiger partial charge is 0.0794 e. The van der Waals surface area contributed by atoms with Gasteiger partial charge in [0.25, 0.3) is 0 Å². The van der Waals surface area contributed by atoms with Gasteiger partial charge in [0.2, 0.25) is 0 Å². The first kappa shape index (κ1) is 39.5. The SMILES string of the molecule is C=C/C=c1/cccc/c1=C(/N)c1c(-c2nccc3ccccc23)c(-c2nccc3ccccc23)c(-c2nccc3ccccc23)c(-c2nccc3ccccc23)c1-c1nccc2ccccc12. The maximum atomic E-state index is 8.06. The van der Waals surface area contributed by atoms with E-state index in [2.05, 4.69) is 170 Å². The fourth-order valence-electron chi connectivity index (χ4n) is 9.95. The van der Waals surface area contributed by atoms with Crippen LogP contribution in [0, 0.1) is 0 Å². The van der Waals surface area contributed by atoms with Gasteiger partial charge in [-0.2, -0.15) is 0 Å². The third kappa shape index (κ3) is 6.53. The molecule has 0 aliphatic heterocycles. The maximum Gasteiger partial charge on any atom is 0.0794 e. The van der Waals surface area contributed by atoms with Crippen LogP contribution in [0.25, 0.3) is 122 Å². The van der Waals surface area contributed by atoms with Crippen LogP contribution in [-0.2, 0) is 0 Å². The van der Waals surface area contributed by atoms with Gasteiger partial charge in [0.1, 0.15) is 0 Å². The number of fused-ring (bicyclic) bond motifs is 5. The van der Waals surface area contributed by atoms with Crippen molar-refractivity contribution in [1.82, 2.24) is 24.9 Å². The summed E-state index contributed by atoms with van der Waals surface area (Å²) in [6.07, 6.45) is 13.3. The third-order valence-electron chi connectivity index (χ3n) is 12.9. The molecule has 0 spiro atoms. The number of nitrogens with zero attached hydrogens (tertiary/aromatic N) is 5. The Balaban J connectivity index is 1.50. The minimum absolute atomic E-state index is 0.531. The monoisotopic (exact) mass is 856 g/mol. The highest BCUT2D eigenvalue weighted by molar-refractivity contribution is 6.21. The predicted molar refractivity (Wildman–Crippen MR) is 277 cm³/mol. The van der Waals surface area contributed by atoms with E-state index in [4.69, 9.17) is 30.7 Å². The summed E-state index contributed by atoms with van der Waals surface area (Å²) in [5, 5.41) is 11.7. The van der Waals surface area contributed by atoms with E-state index in [0.29, 0.717) is 5.70 Å². The number of hydrogen-bond donors (Lipinski definition) is 1. The zero-order valence-corrected chi connectivity index (χ0v) is 36.3. The van der Waals surface area contributed by atoms with Crippen LogP contribution in [0.4, 0.5) is 0 Å². The first-order chi connectivity index (χ1) is 33.2. The summed E-state index contributed by atoms with van der Waals surface area (Å²) in [5.74, 6) is 0. The molecule has 7 aromatic carbocycles. The van der Waals surface area contributed by atoms with Crippen LogP contribution < -0.4 is 16.2 Å². The van der Waals surface area contributed by atoms with Gasteiger partial charge in [0, 0.05) is 102 Å². The van der Waals surface area contributed by atoms with Crippen molar-refractivity contribution in [2.24, 2.45) is 5.73 Å². The average Bonchev–Trinajstić information content (AvgIpc) is 3.39. The Labute approximate surface area is 386 Å². The molecular weight excluding hydrogens is 817 g/mol. The molecule has 314 valence electrons. The van der Waals surface area contributed by atoms with Crippen LogP contribution >= 0.6 is 0 Å². The molecule has 0 amide bonds. The van der Waals surface area contributed by atoms with E-state index in [1.165, 1.54) is 0 Å². The first-order valence-corrected chi connectivity index (χ1v) is 22.3. The van der Waals surface area contributed by atoms with Crippen LogP contribution in [0.1, 0.15) is 5.56 Å². The number of allylic oxidation sites excluding steroid dienone is 1. The Morgan fingerprint density at radius 2 is 0.627 bits per heavy atom. The second kappa shape index (κ2) is 16.5. The number of nitrogens with two attached hydrogens (primary N) is 1. The Bertz CT molecular complexity index is 3890. The van der Waals surface area contributed by atoms with E-state index in [0.717, 1.165) is 126 Å². The molecule has 0 aliphatic carbocycles. The highest BCUT2D eigenvalue weighted by atomic mass is 14.8. The molecule has 6 nitrogen and oxygen atoms in total. The summed E-state index contributed by atoms with van der Waals surface area (Å²) in [7, 11) is 0. The molecule has 2 N–H and O–H groups in total. The Morgan fingerprint density at radius 3 is 0.970 bits per heavy atom.